The predicted molar refractivity (Wildman–Crippen MR) is 84.1 cm³/mol. The molecule has 0 spiro atoms. The minimum atomic E-state index is 0.608. The smallest absolute Gasteiger partial charge is 0.215 e. The Kier molecular flexibility index (Phi) is 5.50. The third kappa shape index (κ3) is 4.29. The molecule has 0 fully saturated rings. The van der Waals surface area contributed by atoms with Gasteiger partial charge in [0, 0.05) is 22.7 Å². The second-order valence-electron chi connectivity index (χ2n) is 4.21. The number of hydrogen-bond donors (Lipinski definition) is 1. The van der Waals surface area contributed by atoms with E-state index >= 15 is 0 Å². The molecule has 0 amide bonds. The van der Waals surface area contributed by atoms with Crippen molar-refractivity contribution in [3.05, 3.63) is 52.0 Å². The maximum absolute atomic E-state index is 6.13. The molecule has 0 bridgehead atoms. The zero-order valence-corrected chi connectivity index (χ0v) is 12.7. The fourth-order valence-corrected chi connectivity index (χ4v) is 2.29. The van der Waals surface area contributed by atoms with Crippen LogP contribution in [0, 0.1) is 0 Å². The lowest BCUT2D eigenvalue weighted by molar-refractivity contribution is 0.327. The first-order chi connectivity index (χ1) is 9.69. The van der Waals surface area contributed by atoms with Crippen molar-refractivity contribution in [1.29, 1.82) is 0 Å². The van der Waals surface area contributed by atoms with E-state index in [9.17, 15) is 0 Å². The quantitative estimate of drug-likeness (QED) is 0.856. The van der Waals surface area contributed by atoms with Gasteiger partial charge in [-0.15, -0.1) is 0 Å². The molecule has 2 rings (SSSR count). The van der Waals surface area contributed by atoms with Crippen LogP contribution in [0.15, 0.2) is 36.4 Å². The van der Waals surface area contributed by atoms with E-state index in [0.717, 1.165) is 24.3 Å². The van der Waals surface area contributed by atoms with Gasteiger partial charge in [0.25, 0.3) is 0 Å². The fourth-order valence-electron chi connectivity index (χ4n) is 1.79. The molecule has 1 aromatic heterocycles. The molecule has 0 radical (unpaired) electrons. The van der Waals surface area contributed by atoms with Crippen molar-refractivity contribution in [3.63, 3.8) is 0 Å². The van der Waals surface area contributed by atoms with Crippen LogP contribution in [0.4, 0.5) is 5.82 Å². The first-order valence-corrected chi connectivity index (χ1v) is 7.22. The average Bonchev–Trinajstić information content (AvgIpc) is 2.42. The van der Waals surface area contributed by atoms with Crippen LogP contribution < -0.4 is 10.1 Å². The molecule has 3 nitrogen and oxygen atoms in total. The number of halogens is 2. The molecule has 0 atom stereocenters. The normalized spacial score (nSPS) is 10.3. The summed E-state index contributed by atoms with van der Waals surface area (Å²) in [4.78, 5) is 4.34. The SMILES string of the molecule is CCOc1cccc(NCCc2ccc(Cl)cc2Cl)n1. The summed E-state index contributed by atoms with van der Waals surface area (Å²) in [5, 5.41) is 4.59. The van der Waals surface area contributed by atoms with Gasteiger partial charge in [-0.1, -0.05) is 35.3 Å². The molecule has 106 valence electrons. The third-order valence-corrected chi connectivity index (χ3v) is 3.32. The van der Waals surface area contributed by atoms with Gasteiger partial charge in [0.1, 0.15) is 5.82 Å². The molecular weight excluding hydrogens is 295 g/mol. The van der Waals surface area contributed by atoms with E-state index in [1.54, 1.807) is 6.07 Å². The summed E-state index contributed by atoms with van der Waals surface area (Å²) in [6.45, 7) is 3.28. The number of benzene rings is 1. The van der Waals surface area contributed by atoms with Crippen molar-refractivity contribution < 1.29 is 4.74 Å². The van der Waals surface area contributed by atoms with Crippen molar-refractivity contribution in [3.8, 4) is 5.88 Å². The third-order valence-electron chi connectivity index (χ3n) is 2.73. The van der Waals surface area contributed by atoms with E-state index in [1.807, 2.05) is 37.3 Å². The Labute approximate surface area is 128 Å². The Bertz CT molecular complexity index is 576. The second kappa shape index (κ2) is 7.36. The summed E-state index contributed by atoms with van der Waals surface area (Å²) >= 11 is 12.0. The van der Waals surface area contributed by atoms with Crippen molar-refractivity contribution in [1.82, 2.24) is 4.98 Å². The summed E-state index contributed by atoms with van der Waals surface area (Å²) in [5.41, 5.74) is 1.06. The second-order valence-corrected chi connectivity index (χ2v) is 5.05. The number of nitrogens with zero attached hydrogens (tertiary/aromatic N) is 1. The van der Waals surface area contributed by atoms with E-state index in [4.69, 9.17) is 27.9 Å². The van der Waals surface area contributed by atoms with Crippen LogP contribution in [0.5, 0.6) is 5.88 Å². The minimum Gasteiger partial charge on any atom is -0.478 e. The van der Waals surface area contributed by atoms with Gasteiger partial charge in [-0.2, -0.15) is 4.98 Å². The Morgan fingerprint density at radius 1 is 1.20 bits per heavy atom. The van der Waals surface area contributed by atoms with E-state index in [-0.39, 0.29) is 0 Å². The average molecular weight is 311 g/mol. The highest BCUT2D eigenvalue weighted by molar-refractivity contribution is 6.35. The molecule has 0 saturated heterocycles. The van der Waals surface area contributed by atoms with Crippen LogP contribution in [0.2, 0.25) is 10.0 Å². The first kappa shape index (κ1) is 14.9. The van der Waals surface area contributed by atoms with Crippen LogP contribution in [0.3, 0.4) is 0 Å². The Morgan fingerprint density at radius 3 is 2.80 bits per heavy atom. The highest BCUT2D eigenvalue weighted by Crippen LogP contribution is 2.21. The van der Waals surface area contributed by atoms with Gasteiger partial charge in [0.2, 0.25) is 5.88 Å². The first-order valence-electron chi connectivity index (χ1n) is 6.46. The summed E-state index contributed by atoms with van der Waals surface area (Å²) < 4.78 is 5.36. The number of hydrogen-bond acceptors (Lipinski definition) is 3. The van der Waals surface area contributed by atoms with Crippen molar-refractivity contribution in [2.75, 3.05) is 18.5 Å². The van der Waals surface area contributed by atoms with Crippen molar-refractivity contribution in [2.24, 2.45) is 0 Å². The van der Waals surface area contributed by atoms with E-state index in [0.29, 0.717) is 22.5 Å². The largest absolute Gasteiger partial charge is 0.478 e. The van der Waals surface area contributed by atoms with Crippen LogP contribution >= 0.6 is 23.2 Å². The maximum Gasteiger partial charge on any atom is 0.215 e. The zero-order valence-electron chi connectivity index (χ0n) is 11.2. The van der Waals surface area contributed by atoms with E-state index < -0.39 is 0 Å². The molecule has 0 saturated carbocycles. The van der Waals surface area contributed by atoms with Crippen LogP contribution in [0.1, 0.15) is 12.5 Å². The standard InChI is InChI=1S/C15H16Cl2N2O/c1-2-20-15-5-3-4-14(19-15)18-9-8-11-6-7-12(16)10-13(11)17/h3-7,10H,2,8-9H2,1H3,(H,18,19). The van der Waals surface area contributed by atoms with Gasteiger partial charge in [-0.3, -0.25) is 0 Å². The molecule has 2 aromatic rings. The summed E-state index contributed by atoms with van der Waals surface area (Å²) in [6, 6.07) is 11.2. The summed E-state index contributed by atoms with van der Waals surface area (Å²) in [6.07, 6.45) is 0.802. The van der Waals surface area contributed by atoms with Crippen LogP contribution in [-0.2, 0) is 6.42 Å². The zero-order chi connectivity index (χ0) is 14.4. The highest BCUT2D eigenvalue weighted by atomic mass is 35.5. The van der Waals surface area contributed by atoms with E-state index in [2.05, 4.69) is 10.3 Å². The van der Waals surface area contributed by atoms with Gasteiger partial charge in [0.15, 0.2) is 0 Å². The van der Waals surface area contributed by atoms with E-state index in [1.165, 1.54) is 0 Å². The number of anilines is 1. The van der Waals surface area contributed by atoms with Gasteiger partial charge < -0.3 is 10.1 Å². The molecule has 1 N–H and O–H groups in total. The molecule has 5 heteroatoms. The highest BCUT2D eigenvalue weighted by Gasteiger charge is 2.02. The fraction of sp³-hybridized carbons (Fsp3) is 0.267. The molecular formula is C15H16Cl2N2O. The van der Waals surface area contributed by atoms with Gasteiger partial charge in [0.05, 0.1) is 6.61 Å². The lowest BCUT2D eigenvalue weighted by Crippen LogP contribution is -2.07. The molecule has 0 aliphatic heterocycles. The predicted octanol–water partition coefficient (Wildman–Crippen LogP) is 4.44. The summed E-state index contributed by atoms with van der Waals surface area (Å²) in [5.74, 6) is 1.42. The monoisotopic (exact) mass is 310 g/mol. The summed E-state index contributed by atoms with van der Waals surface area (Å²) in [7, 11) is 0. The molecule has 0 aliphatic carbocycles. The molecule has 1 heterocycles. The number of pyridine rings is 1. The lowest BCUT2D eigenvalue weighted by atomic mass is 10.1. The van der Waals surface area contributed by atoms with Gasteiger partial charge in [-0.05, 0) is 37.1 Å². The Balaban J connectivity index is 1.90. The molecule has 1 aromatic carbocycles. The van der Waals surface area contributed by atoms with Crippen molar-refractivity contribution >= 4 is 29.0 Å². The lowest BCUT2D eigenvalue weighted by Gasteiger charge is -2.09. The van der Waals surface area contributed by atoms with Gasteiger partial charge >= 0.3 is 0 Å². The molecule has 0 unspecified atom stereocenters. The number of rotatable bonds is 6. The molecule has 0 aliphatic rings. The number of ether oxygens (including phenoxy) is 1. The maximum atomic E-state index is 6.13. The number of nitrogens with one attached hydrogen (secondary N) is 1. The van der Waals surface area contributed by atoms with Crippen molar-refractivity contribution in [2.45, 2.75) is 13.3 Å². The van der Waals surface area contributed by atoms with Crippen LogP contribution in [-0.4, -0.2) is 18.1 Å². The van der Waals surface area contributed by atoms with Crippen LogP contribution in [0.25, 0.3) is 0 Å². The Hall–Kier alpha value is -1.45. The topological polar surface area (TPSA) is 34.1 Å². The van der Waals surface area contributed by atoms with Gasteiger partial charge in [-0.25, -0.2) is 0 Å². The minimum absolute atomic E-state index is 0.608. The number of aromatic nitrogens is 1. The Morgan fingerprint density at radius 2 is 2.05 bits per heavy atom. The molecule has 20 heavy (non-hydrogen) atoms.